The van der Waals surface area contributed by atoms with Gasteiger partial charge in [0.05, 0.1) is 6.10 Å². The molecular weight excluding hydrogens is 156 g/mol. The average molecular weight is 168 g/mol. The lowest BCUT2D eigenvalue weighted by molar-refractivity contribution is 0.194. The van der Waals surface area contributed by atoms with Crippen LogP contribution in [0.4, 0.5) is 0 Å². The largest absolute Gasteiger partial charge is 0.508 e. The van der Waals surface area contributed by atoms with E-state index in [0.29, 0.717) is 12.0 Å². The van der Waals surface area contributed by atoms with Gasteiger partial charge in [-0.1, -0.05) is 6.07 Å². The molecule has 1 rings (SSSR count). The Morgan fingerprint density at radius 2 is 2.00 bits per heavy atom. The fourth-order valence-electron chi connectivity index (χ4n) is 1.04. The minimum absolute atomic E-state index is 0.0240. The Bertz CT molecular complexity index is 268. The van der Waals surface area contributed by atoms with E-state index in [1.54, 1.807) is 13.0 Å². The van der Waals surface area contributed by atoms with Gasteiger partial charge in [-0.2, -0.15) is 0 Å². The molecule has 0 heterocycles. The highest BCUT2D eigenvalue weighted by Gasteiger charge is 2.04. The lowest BCUT2D eigenvalue weighted by atomic mass is 10.1. The minimum Gasteiger partial charge on any atom is -0.508 e. The second kappa shape index (κ2) is 3.45. The molecule has 12 heavy (non-hydrogen) atoms. The Morgan fingerprint density at radius 3 is 2.50 bits per heavy atom. The summed E-state index contributed by atoms with van der Waals surface area (Å²) >= 11 is 0. The lowest BCUT2D eigenvalue weighted by Crippen LogP contribution is -2.03. The Balaban J connectivity index is 2.86. The van der Waals surface area contributed by atoms with E-state index in [-0.39, 0.29) is 11.5 Å². The summed E-state index contributed by atoms with van der Waals surface area (Å²) in [4.78, 5) is 0. The molecule has 0 bridgehead atoms. The summed E-state index contributed by atoms with van der Waals surface area (Å²) in [6.07, 6.45) is -0.0907. The fraction of sp³-hybridized carbons (Fsp3) is 0.333. The molecule has 0 radical (unpaired) electrons. The first-order valence-electron chi connectivity index (χ1n) is 3.78. The molecule has 1 aromatic carbocycles. The Labute approximate surface area is 70.9 Å². The van der Waals surface area contributed by atoms with Crippen molar-refractivity contribution in [1.82, 2.24) is 0 Å². The third-order valence-corrected chi connectivity index (χ3v) is 1.58. The van der Waals surface area contributed by atoms with Gasteiger partial charge < -0.3 is 15.3 Å². The van der Waals surface area contributed by atoms with Crippen molar-refractivity contribution in [2.75, 3.05) is 0 Å². The number of rotatable bonds is 2. The molecule has 0 aromatic heterocycles. The van der Waals surface area contributed by atoms with Crippen LogP contribution in [0.5, 0.6) is 11.5 Å². The van der Waals surface area contributed by atoms with Crippen LogP contribution in [0.2, 0.25) is 0 Å². The normalized spacial score (nSPS) is 12.8. The molecule has 0 saturated heterocycles. The second-order valence-corrected chi connectivity index (χ2v) is 2.87. The van der Waals surface area contributed by atoms with Crippen LogP contribution < -0.4 is 0 Å². The monoisotopic (exact) mass is 168 g/mol. The van der Waals surface area contributed by atoms with Crippen LogP contribution in [0.15, 0.2) is 18.2 Å². The van der Waals surface area contributed by atoms with E-state index >= 15 is 0 Å². The molecule has 0 saturated carbocycles. The zero-order valence-electron chi connectivity index (χ0n) is 6.86. The number of aromatic hydroxyl groups is 2. The van der Waals surface area contributed by atoms with Crippen molar-refractivity contribution in [3.8, 4) is 11.5 Å². The standard InChI is InChI=1S/C9H12O3/c1-6(10)4-7-2-3-8(11)5-9(7)12/h2-3,5-6,10-12H,4H2,1H3/t6-/m0/s1. The first kappa shape index (κ1) is 8.87. The van der Waals surface area contributed by atoms with Crippen LogP contribution in [-0.2, 0) is 6.42 Å². The predicted octanol–water partition coefficient (Wildman–Crippen LogP) is 1.02. The maximum atomic E-state index is 9.27. The van der Waals surface area contributed by atoms with Crippen LogP contribution in [-0.4, -0.2) is 21.4 Å². The van der Waals surface area contributed by atoms with Gasteiger partial charge in [-0.3, -0.25) is 0 Å². The van der Waals surface area contributed by atoms with E-state index < -0.39 is 6.10 Å². The van der Waals surface area contributed by atoms with E-state index in [1.807, 2.05) is 0 Å². The molecule has 3 N–H and O–H groups in total. The topological polar surface area (TPSA) is 60.7 Å². The number of phenolic OH excluding ortho intramolecular Hbond substituents is 2. The zero-order valence-corrected chi connectivity index (χ0v) is 6.86. The molecule has 3 heteroatoms. The van der Waals surface area contributed by atoms with Crippen LogP contribution in [0.3, 0.4) is 0 Å². The maximum absolute atomic E-state index is 9.27. The third kappa shape index (κ3) is 2.13. The van der Waals surface area contributed by atoms with Crippen LogP contribution in [0.1, 0.15) is 12.5 Å². The number of aliphatic hydroxyl groups excluding tert-OH is 1. The van der Waals surface area contributed by atoms with E-state index in [1.165, 1.54) is 12.1 Å². The van der Waals surface area contributed by atoms with Gasteiger partial charge in [-0.15, -0.1) is 0 Å². The summed E-state index contributed by atoms with van der Waals surface area (Å²) in [5.74, 6) is 0.0535. The summed E-state index contributed by atoms with van der Waals surface area (Å²) in [5.41, 5.74) is 0.641. The van der Waals surface area contributed by atoms with Crippen molar-refractivity contribution in [1.29, 1.82) is 0 Å². The number of hydrogen-bond donors (Lipinski definition) is 3. The molecule has 1 aromatic rings. The highest BCUT2D eigenvalue weighted by Crippen LogP contribution is 2.23. The van der Waals surface area contributed by atoms with Gasteiger partial charge >= 0.3 is 0 Å². The van der Waals surface area contributed by atoms with Gasteiger partial charge in [-0.25, -0.2) is 0 Å². The van der Waals surface area contributed by atoms with Crippen LogP contribution in [0, 0.1) is 0 Å². The van der Waals surface area contributed by atoms with Gasteiger partial charge in [0.25, 0.3) is 0 Å². The van der Waals surface area contributed by atoms with Crippen molar-refractivity contribution in [3.05, 3.63) is 23.8 Å². The van der Waals surface area contributed by atoms with Crippen molar-refractivity contribution < 1.29 is 15.3 Å². The second-order valence-electron chi connectivity index (χ2n) is 2.87. The molecule has 3 nitrogen and oxygen atoms in total. The number of benzene rings is 1. The van der Waals surface area contributed by atoms with E-state index in [2.05, 4.69) is 0 Å². The molecule has 0 aliphatic carbocycles. The molecule has 0 unspecified atom stereocenters. The van der Waals surface area contributed by atoms with Crippen LogP contribution in [0.25, 0.3) is 0 Å². The van der Waals surface area contributed by atoms with Gasteiger partial charge in [0.15, 0.2) is 0 Å². The minimum atomic E-state index is -0.486. The lowest BCUT2D eigenvalue weighted by Gasteiger charge is -2.06. The van der Waals surface area contributed by atoms with E-state index in [9.17, 15) is 5.11 Å². The summed E-state index contributed by atoms with van der Waals surface area (Å²) in [6, 6.07) is 4.34. The average Bonchev–Trinajstić information content (AvgIpc) is 1.94. The highest BCUT2D eigenvalue weighted by atomic mass is 16.3. The molecule has 1 atom stereocenters. The number of phenols is 2. The highest BCUT2D eigenvalue weighted by molar-refractivity contribution is 5.39. The van der Waals surface area contributed by atoms with Crippen molar-refractivity contribution >= 4 is 0 Å². The third-order valence-electron chi connectivity index (χ3n) is 1.58. The quantitative estimate of drug-likeness (QED) is 0.618. The van der Waals surface area contributed by atoms with Crippen LogP contribution >= 0.6 is 0 Å². The molecule has 0 aliphatic rings. The van der Waals surface area contributed by atoms with Gasteiger partial charge in [0, 0.05) is 12.5 Å². The molecule has 66 valence electrons. The summed E-state index contributed by atoms with van der Waals surface area (Å²) < 4.78 is 0. The summed E-state index contributed by atoms with van der Waals surface area (Å²) in [6.45, 7) is 1.65. The number of aliphatic hydroxyl groups is 1. The van der Waals surface area contributed by atoms with Crippen molar-refractivity contribution in [3.63, 3.8) is 0 Å². The zero-order chi connectivity index (χ0) is 9.14. The molecule has 0 spiro atoms. The molecule has 0 aliphatic heterocycles. The Hall–Kier alpha value is -1.22. The number of hydrogen-bond acceptors (Lipinski definition) is 3. The Kier molecular flexibility index (Phi) is 2.55. The maximum Gasteiger partial charge on any atom is 0.122 e. The summed E-state index contributed by atoms with van der Waals surface area (Å²) in [5, 5.41) is 27.2. The smallest absolute Gasteiger partial charge is 0.122 e. The van der Waals surface area contributed by atoms with E-state index in [4.69, 9.17) is 10.2 Å². The summed E-state index contributed by atoms with van der Waals surface area (Å²) in [7, 11) is 0. The predicted molar refractivity (Wildman–Crippen MR) is 45.2 cm³/mol. The first-order chi connectivity index (χ1) is 5.59. The molecule has 0 amide bonds. The van der Waals surface area contributed by atoms with Gasteiger partial charge in [-0.05, 0) is 18.6 Å². The molecule has 0 fully saturated rings. The first-order valence-corrected chi connectivity index (χ1v) is 3.78. The van der Waals surface area contributed by atoms with Gasteiger partial charge in [0.1, 0.15) is 11.5 Å². The van der Waals surface area contributed by atoms with Crippen molar-refractivity contribution in [2.24, 2.45) is 0 Å². The van der Waals surface area contributed by atoms with Gasteiger partial charge in [0.2, 0.25) is 0 Å². The SMILES string of the molecule is C[C@H](O)Cc1ccc(O)cc1O. The Morgan fingerprint density at radius 1 is 1.33 bits per heavy atom. The molecular formula is C9H12O3. The van der Waals surface area contributed by atoms with E-state index in [0.717, 1.165) is 0 Å². The fourth-order valence-corrected chi connectivity index (χ4v) is 1.04. The van der Waals surface area contributed by atoms with Crippen molar-refractivity contribution in [2.45, 2.75) is 19.4 Å².